The van der Waals surface area contributed by atoms with Gasteiger partial charge in [-0.3, -0.25) is 4.79 Å². The van der Waals surface area contributed by atoms with E-state index in [0.717, 1.165) is 0 Å². The molecule has 0 saturated heterocycles. The molecular formula is C15H29NO. The minimum atomic E-state index is 0.169. The Kier molecular flexibility index (Phi) is 14.3. The van der Waals surface area contributed by atoms with Crippen LogP contribution in [-0.2, 0) is 4.79 Å². The average Bonchev–Trinajstić information content (AvgIpc) is 2.33. The Balaban J connectivity index is 0. The zero-order chi connectivity index (χ0) is 13.7. The normalized spacial score (nSPS) is 13.0. The summed E-state index contributed by atoms with van der Waals surface area (Å²) in [5.74, 6) is 0.440. The zero-order valence-electron chi connectivity index (χ0n) is 12.3. The molecule has 0 heterocycles. The van der Waals surface area contributed by atoms with E-state index in [0.29, 0.717) is 6.54 Å². The van der Waals surface area contributed by atoms with Crippen LogP contribution in [0.5, 0.6) is 0 Å². The molecule has 100 valence electrons. The molecule has 0 fully saturated rings. The van der Waals surface area contributed by atoms with Gasteiger partial charge in [0.1, 0.15) is 5.78 Å². The van der Waals surface area contributed by atoms with Crippen molar-refractivity contribution in [3.05, 3.63) is 23.8 Å². The van der Waals surface area contributed by atoms with Crippen molar-refractivity contribution >= 4 is 5.78 Å². The largest absolute Gasteiger partial charge is 0.313 e. The average molecular weight is 239 g/mol. The highest BCUT2D eigenvalue weighted by Gasteiger charge is 2.03. The third-order valence-corrected chi connectivity index (χ3v) is 2.18. The van der Waals surface area contributed by atoms with Gasteiger partial charge in [-0.25, -0.2) is 0 Å². The monoisotopic (exact) mass is 239 g/mol. The second-order valence-electron chi connectivity index (χ2n) is 4.08. The number of hydrogen-bond acceptors (Lipinski definition) is 2. The molecule has 0 aromatic rings. The number of allylic oxidation sites excluding steroid dienone is 4. The summed E-state index contributed by atoms with van der Waals surface area (Å²) in [4.78, 5) is 10.7. The molecule has 0 aromatic heterocycles. The second kappa shape index (κ2) is 13.2. The summed E-state index contributed by atoms with van der Waals surface area (Å²) in [7, 11) is 1.78. The van der Waals surface area contributed by atoms with Crippen LogP contribution in [0.25, 0.3) is 0 Å². The van der Waals surface area contributed by atoms with Crippen LogP contribution in [0.15, 0.2) is 23.8 Å². The molecule has 2 heteroatoms. The first kappa shape index (κ1) is 18.5. The van der Waals surface area contributed by atoms with Crippen molar-refractivity contribution in [1.29, 1.82) is 0 Å². The molecule has 0 aromatic carbocycles. The highest BCUT2D eigenvalue weighted by molar-refractivity contribution is 5.82. The van der Waals surface area contributed by atoms with Crippen LogP contribution in [0.3, 0.4) is 0 Å². The number of carbonyl (C=O) groups excluding carboxylic acids is 1. The fraction of sp³-hybridized carbons (Fsp3) is 0.667. The first-order chi connectivity index (χ1) is 8.07. The van der Waals surface area contributed by atoms with E-state index in [4.69, 9.17) is 0 Å². The van der Waals surface area contributed by atoms with Gasteiger partial charge in [-0.15, -0.1) is 0 Å². The van der Waals surface area contributed by atoms with Crippen molar-refractivity contribution in [2.45, 2.75) is 47.5 Å². The Labute approximate surface area is 107 Å². The third kappa shape index (κ3) is 13.0. The van der Waals surface area contributed by atoms with E-state index in [1.54, 1.807) is 7.05 Å². The number of rotatable bonds is 3. The molecule has 0 unspecified atom stereocenters. The number of ketones is 1. The molecular weight excluding hydrogens is 210 g/mol. The van der Waals surface area contributed by atoms with Crippen LogP contribution in [-0.4, -0.2) is 19.4 Å². The number of hydrogen-bond donors (Lipinski definition) is 1. The Morgan fingerprint density at radius 2 is 1.94 bits per heavy atom. The first-order valence-corrected chi connectivity index (χ1v) is 6.58. The van der Waals surface area contributed by atoms with E-state index < -0.39 is 0 Å². The zero-order valence-corrected chi connectivity index (χ0v) is 12.3. The van der Waals surface area contributed by atoms with Crippen LogP contribution in [0.4, 0.5) is 0 Å². The van der Waals surface area contributed by atoms with Crippen molar-refractivity contribution in [2.75, 3.05) is 13.6 Å². The molecule has 17 heavy (non-hydrogen) atoms. The number of likely N-dealkylation sites (N-methyl/N-ethyl adjacent to an activating group) is 1. The number of Topliss-reactive ketones (excluding diaryl/α,β-unsaturated/α-hetero) is 1. The van der Waals surface area contributed by atoms with Crippen molar-refractivity contribution < 1.29 is 4.79 Å². The molecule has 0 atom stereocenters. The van der Waals surface area contributed by atoms with Crippen LogP contribution in [0, 0.1) is 5.92 Å². The lowest BCUT2D eigenvalue weighted by molar-refractivity contribution is -0.120. The quantitative estimate of drug-likeness (QED) is 0.813. The van der Waals surface area contributed by atoms with E-state index in [-0.39, 0.29) is 11.7 Å². The van der Waals surface area contributed by atoms with Crippen molar-refractivity contribution in [3.63, 3.8) is 0 Å². The Hall–Kier alpha value is -0.890. The van der Waals surface area contributed by atoms with Gasteiger partial charge < -0.3 is 5.32 Å². The van der Waals surface area contributed by atoms with Crippen molar-refractivity contribution in [2.24, 2.45) is 5.92 Å². The Morgan fingerprint density at radius 3 is 2.12 bits per heavy atom. The molecule has 0 radical (unpaired) electrons. The molecule has 0 aliphatic heterocycles. The summed E-state index contributed by atoms with van der Waals surface area (Å²) >= 11 is 0. The minimum absolute atomic E-state index is 0.169. The van der Waals surface area contributed by atoms with Gasteiger partial charge in [0.05, 0.1) is 6.54 Å². The lowest BCUT2D eigenvalue weighted by atomic mass is 10.1. The molecule has 2 nitrogen and oxygen atoms in total. The van der Waals surface area contributed by atoms with Crippen LogP contribution in [0.1, 0.15) is 47.5 Å². The van der Waals surface area contributed by atoms with Gasteiger partial charge in [0.15, 0.2) is 0 Å². The first-order valence-electron chi connectivity index (χ1n) is 6.58. The lowest BCUT2D eigenvalue weighted by Crippen LogP contribution is -2.22. The van der Waals surface area contributed by atoms with Crippen LogP contribution in [0.2, 0.25) is 0 Å². The van der Waals surface area contributed by atoms with Gasteiger partial charge in [0.2, 0.25) is 0 Å². The minimum Gasteiger partial charge on any atom is -0.313 e. The lowest BCUT2D eigenvalue weighted by Gasteiger charge is -2.00. The predicted octanol–water partition coefficient (Wildman–Crippen LogP) is 3.74. The molecule has 0 saturated carbocycles. The SMILES string of the molecule is CC.CC1=CCCC=C1.CNCC(=O)C(C)C. The van der Waals surface area contributed by atoms with E-state index >= 15 is 0 Å². The van der Waals surface area contributed by atoms with Gasteiger partial charge in [-0.1, -0.05) is 51.5 Å². The maximum Gasteiger partial charge on any atom is 0.149 e. The number of carbonyl (C=O) groups is 1. The molecule has 1 rings (SSSR count). The van der Waals surface area contributed by atoms with Crippen molar-refractivity contribution in [1.82, 2.24) is 5.32 Å². The van der Waals surface area contributed by atoms with Gasteiger partial charge >= 0.3 is 0 Å². The molecule has 0 amide bonds. The topological polar surface area (TPSA) is 29.1 Å². The summed E-state index contributed by atoms with van der Waals surface area (Å²) in [6.45, 7) is 10.4. The van der Waals surface area contributed by atoms with E-state index in [1.807, 2.05) is 27.7 Å². The standard InChI is InChI=1S/C7H10.C6H13NO.C2H6/c1-7-5-3-2-4-6-7;1-5(2)6(8)4-7-3;1-2/h3,5-6H,2,4H2,1H3;5,7H,4H2,1-3H3;1-2H3. The van der Waals surface area contributed by atoms with E-state index in [1.165, 1.54) is 18.4 Å². The molecule has 1 N–H and O–H groups in total. The maximum atomic E-state index is 10.7. The maximum absolute atomic E-state index is 10.7. The van der Waals surface area contributed by atoms with Crippen LogP contribution < -0.4 is 5.32 Å². The summed E-state index contributed by atoms with van der Waals surface area (Å²) in [5, 5.41) is 2.80. The fourth-order valence-corrected chi connectivity index (χ4v) is 1.12. The Bertz CT molecular complexity index is 239. The van der Waals surface area contributed by atoms with Gasteiger partial charge in [-0.05, 0) is 26.8 Å². The summed E-state index contributed by atoms with van der Waals surface area (Å²) in [6, 6.07) is 0. The highest BCUT2D eigenvalue weighted by atomic mass is 16.1. The molecule has 0 bridgehead atoms. The summed E-state index contributed by atoms with van der Waals surface area (Å²) in [6.07, 6.45) is 9.12. The summed E-state index contributed by atoms with van der Waals surface area (Å²) < 4.78 is 0. The smallest absolute Gasteiger partial charge is 0.149 e. The molecule has 0 spiro atoms. The van der Waals surface area contributed by atoms with Gasteiger partial charge in [0.25, 0.3) is 0 Å². The Morgan fingerprint density at radius 1 is 1.35 bits per heavy atom. The highest BCUT2D eigenvalue weighted by Crippen LogP contribution is 2.06. The molecule has 1 aliphatic rings. The predicted molar refractivity (Wildman–Crippen MR) is 77.3 cm³/mol. The van der Waals surface area contributed by atoms with Crippen LogP contribution >= 0.6 is 0 Å². The van der Waals surface area contributed by atoms with Gasteiger partial charge in [0, 0.05) is 5.92 Å². The van der Waals surface area contributed by atoms with Gasteiger partial charge in [-0.2, -0.15) is 0 Å². The molecule has 1 aliphatic carbocycles. The summed E-state index contributed by atoms with van der Waals surface area (Å²) in [5.41, 5.74) is 1.41. The van der Waals surface area contributed by atoms with Crippen molar-refractivity contribution in [3.8, 4) is 0 Å². The van der Waals surface area contributed by atoms with E-state index in [9.17, 15) is 4.79 Å². The number of nitrogens with one attached hydrogen (secondary N) is 1. The fourth-order valence-electron chi connectivity index (χ4n) is 1.12. The van der Waals surface area contributed by atoms with E-state index in [2.05, 4.69) is 30.5 Å². The third-order valence-electron chi connectivity index (χ3n) is 2.18. The second-order valence-corrected chi connectivity index (χ2v) is 4.08.